The molecule has 5 nitrogen and oxygen atoms in total. The third-order valence-corrected chi connectivity index (χ3v) is 3.75. The summed E-state index contributed by atoms with van der Waals surface area (Å²) in [5.74, 6) is 0.753. The molecular weight excluding hydrogens is 330 g/mol. The molecule has 21 heavy (non-hydrogen) atoms. The molecule has 0 atom stereocenters. The first-order valence-electron chi connectivity index (χ1n) is 6.57. The highest BCUT2D eigenvalue weighted by Crippen LogP contribution is 2.20. The fraction of sp³-hybridized carbons (Fsp3) is 0.133. The standard InChI is InChI=1S/C15H14BrN5/c1-11-5-4-6-12(9-11)17-10-15-18-19-20-21(15)14-8-3-2-7-13(14)16/h2-9,17H,10H2,1H3. The van der Waals surface area contributed by atoms with Gasteiger partial charge in [0.25, 0.3) is 0 Å². The Morgan fingerprint density at radius 1 is 1.14 bits per heavy atom. The molecule has 6 heteroatoms. The van der Waals surface area contributed by atoms with Gasteiger partial charge in [-0.3, -0.25) is 0 Å². The van der Waals surface area contributed by atoms with Gasteiger partial charge in [-0.15, -0.1) is 5.10 Å². The summed E-state index contributed by atoms with van der Waals surface area (Å²) in [5.41, 5.74) is 3.19. The van der Waals surface area contributed by atoms with Crippen LogP contribution in [0.15, 0.2) is 53.0 Å². The molecule has 0 fully saturated rings. The Hall–Kier alpha value is -2.21. The zero-order valence-corrected chi connectivity index (χ0v) is 13.1. The number of hydrogen-bond donors (Lipinski definition) is 1. The van der Waals surface area contributed by atoms with Crippen molar-refractivity contribution in [3.8, 4) is 5.69 Å². The zero-order valence-electron chi connectivity index (χ0n) is 11.5. The van der Waals surface area contributed by atoms with Gasteiger partial charge in [0.15, 0.2) is 5.82 Å². The molecule has 0 unspecified atom stereocenters. The van der Waals surface area contributed by atoms with E-state index in [1.807, 2.05) is 36.4 Å². The molecule has 1 N–H and O–H groups in total. The van der Waals surface area contributed by atoms with E-state index in [0.29, 0.717) is 6.54 Å². The van der Waals surface area contributed by atoms with Gasteiger partial charge in [0.1, 0.15) is 0 Å². The Balaban J connectivity index is 1.82. The van der Waals surface area contributed by atoms with Crippen LogP contribution >= 0.6 is 15.9 Å². The van der Waals surface area contributed by atoms with Gasteiger partial charge in [-0.1, -0.05) is 24.3 Å². The molecule has 1 aromatic heterocycles. The van der Waals surface area contributed by atoms with Crippen molar-refractivity contribution in [2.24, 2.45) is 0 Å². The van der Waals surface area contributed by atoms with Crippen LogP contribution in [-0.4, -0.2) is 20.2 Å². The fourth-order valence-corrected chi connectivity index (χ4v) is 2.52. The molecule has 0 saturated heterocycles. The van der Waals surface area contributed by atoms with E-state index in [1.165, 1.54) is 5.56 Å². The van der Waals surface area contributed by atoms with Gasteiger partial charge in [-0.2, -0.15) is 4.68 Å². The number of nitrogens with zero attached hydrogens (tertiary/aromatic N) is 4. The van der Waals surface area contributed by atoms with E-state index in [2.05, 4.69) is 55.8 Å². The number of anilines is 1. The number of nitrogens with one attached hydrogen (secondary N) is 1. The molecule has 1 heterocycles. The van der Waals surface area contributed by atoms with Crippen LogP contribution in [0.4, 0.5) is 5.69 Å². The fourth-order valence-electron chi connectivity index (χ4n) is 2.06. The largest absolute Gasteiger partial charge is 0.378 e. The minimum atomic E-state index is 0.553. The monoisotopic (exact) mass is 343 g/mol. The van der Waals surface area contributed by atoms with Crippen molar-refractivity contribution < 1.29 is 0 Å². The SMILES string of the molecule is Cc1cccc(NCc2nnnn2-c2ccccc2Br)c1. The van der Waals surface area contributed by atoms with Crippen LogP contribution in [0.5, 0.6) is 0 Å². The van der Waals surface area contributed by atoms with E-state index in [-0.39, 0.29) is 0 Å². The van der Waals surface area contributed by atoms with Crippen LogP contribution in [0.1, 0.15) is 11.4 Å². The van der Waals surface area contributed by atoms with Gasteiger partial charge < -0.3 is 5.32 Å². The van der Waals surface area contributed by atoms with Crippen molar-refractivity contribution in [1.29, 1.82) is 0 Å². The first-order chi connectivity index (χ1) is 10.2. The quantitative estimate of drug-likeness (QED) is 0.789. The van der Waals surface area contributed by atoms with E-state index in [4.69, 9.17) is 0 Å². The van der Waals surface area contributed by atoms with Crippen molar-refractivity contribution in [3.05, 3.63) is 64.4 Å². The molecule has 0 aliphatic carbocycles. The summed E-state index contributed by atoms with van der Waals surface area (Å²) >= 11 is 3.52. The molecule has 0 amide bonds. The number of benzene rings is 2. The minimum absolute atomic E-state index is 0.553. The molecule has 0 aliphatic heterocycles. The predicted molar refractivity (Wildman–Crippen MR) is 85.4 cm³/mol. The molecular formula is C15H14BrN5. The average molecular weight is 344 g/mol. The number of tetrazole rings is 1. The number of hydrogen-bond acceptors (Lipinski definition) is 4. The van der Waals surface area contributed by atoms with Crippen LogP contribution in [-0.2, 0) is 6.54 Å². The van der Waals surface area contributed by atoms with Gasteiger partial charge in [0, 0.05) is 10.2 Å². The van der Waals surface area contributed by atoms with Crippen LogP contribution in [0, 0.1) is 6.92 Å². The average Bonchev–Trinajstić information content (AvgIpc) is 2.94. The van der Waals surface area contributed by atoms with Gasteiger partial charge in [-0.05, 0) is 63.1 Å². The Labute approximate surface area is 131 Å². The predicted octanol–water partition coefficient (Wildman–Crippen LogP) is 3.35. The molecule has 0 radical (unpaired) electrons. The van der Waals surface area contributed by atoms with E-state index < -0.39 is 0 Å². The van der Waals surface area contributed by atoms with Crippen LogP contribution < -0.4 is 5.32 Å². The smallest absolute Gasteiger partial charge is 0.175 e. The topological polar surface area (TPSA) is 55.6 Å². The first-order valence-corrected chi connectivity index (χ1v) is 7.36. The highest BCUT2D eigenvalue weighted by Gasteiger charge is 2.10. The third-order valence-electron chi connectivity index (χ3n) is 3.08. The molecule has 0 bridgehead atoms. The van der Waals surface area contributed by atoms with Gasteiger partial charge in [-0.25, -0.2) is 0 Å². The summed E-state index contributed by atoms with van der Waals surface area (Å²) in [6, 6.07) is 16.1. The summed E-state index contributed by atoms with van der Waals surface area (Å²) in [4.78, 5) is 0. The molecule has 0 saturated carbocycles. The maximum atomic E-state index is 4.09. The Kier molecular flexibility index (Phi) is 3.96. The summed E-state index contributed by atoms with van der Waals surface area (Å²) in [7, 11) is 0. The normalized spacial score (nSPS) is 10.6. The lowest BCUT2D eigenvalue weighted by Crippen LogP contribution is -2.09. The van der Waals surface area contributed by atoms with Gasteiger partial charge in [0.05, 0.1) is 12.2 Å². The second-order valence-electron chi connectivity index (χ2n) is 4.68. The summed E-state index contributed by atoms with van der Waals surface area (Å²) in [5, 5.41) is 15.3. The molecule has 0 aliphatic rings. The highest BCUT2D eigenvalue weighted by molar-refractivity contribution is 9.10. The second-order valence-corrected chi connectivity index (χ2v) is 5.54. The summed E-state index contributed by atoms with van der Waals surface area (Å²) in [6.45, 7) is 2.62. The Morgan fingerprint density at radius 2 is 2.00 bits per heavy atom. The van der Waals surface area contributed by atoms with E-state index in [0.717, 1.165) is 21.7 Å². The van der Waals surface area contributed by atoms with Crippen molar-refractivity contribution >= 4 is 21.6 Å². The van der Waals surface area contributed by atoms with Gasteiger partial charge in [0.2, 0.25) is 0 Å². The molecule has 0 spiro atoms. The lowest BCUT2D eigenvalue weighted by Gasteiger charge is -2.09. The van der Waals surface area contributed by atoms with E-state index in [9.17, 15) is 0 Å². The van der Waals surface area contributed by atoms with Crippen LogP contribution in [0.2, 0.25) is 0 Å². The number of para-hydroxylation sites is 1. The molecule has 2 aromatic carbocycles. The highest BCUT2D eigenvalue weighted by atomic mass is 79.9. The van der Waals surface area contributed by atoms with Crippen molar-refractivity contribution in [2.75, 3.05) is 5.32 Å². The van der Waals surface area contributed by atoms with Crippen LogP contribution in [0.25, 0.3) is 5.69 Å². The van der Waals surface area contributed by atoms with E-state index >= 15 is 0 Å². The number of aryl methyl sites for hydroxylation is 1. The maximum Gasteiger partial charge on any atom is 0.175 e. The van der Waals surface area contributed by atoms with Crippen molar-refractivity contribution in [1.82, 2.24) is 20.2 Å². The van der Waals surface area contributed by atoms with Gasteiger partial charge >= 0.3 is 0 Å². The number of aromatic nitrogens is 4. The molecule has 3 rings (SSSR count). The third kappa shape index (κ3) is 3.11. The Morgan fingerprint density at radius 3 is 2.81 bits per heavy atom. The first kappa shape index (κ1) is 13.8. The number of rotatable bonds is 4. The van der Waals surface area contributed by atoms with Crippen molar-refractivity contribution in [3.63, 3.8) is 0 Å². The lowest BCUT2D eigenvalue weighted by molar-refractivity contribution is 0.765. The maximum absolute atomic E-state index is 4.09. The Bertz CT molecular complexity index is 753. The zero-order chi connectivity index (χ0) is 14.7. The van der Waals surface area contributed by atoms with E-state index in [1.54, 1.807) is 4.68 Å². The molecule has 106 valence electrons. The van der Waals surface area contributed by atoms with Crippen LogP contribution in [0.3, 0.4) is 0 Å². The minimum Gasteiger partial charge on any atom is -0.378 e. The summed E-state index contributed by atoms with van der Waals surface area (Å²) in [6.07, 6.45) is 0. The van der Waals surface area contributed by atoms with Crippen molar-refractivity contribution in [2.45, 2.75) is 13.5 Å². The number of halogens is 1. The summed E-state index contributed by atoms with van der Waals surface area (Å²) < 4.78 is 2.68. The molecule has 3 aromatic rings. The lowest BCUT2D eigenvalue weighted by atomic mass is 10.2. The second kappa shape index (κ2) is 6.05.